The molecule has 2 heteroatoms. The molecule has 1 aliphatic rings. The van der Waals surface area contributed by atoms with E-state index < -0.39 is 5.60 Å². The summed E-state index contributed by atoms with van der Waals surface area (Å²) in [6, 6.07) is 7.95. The second kappa shape index (κ2) is 5.09. The van der Waals surface area contributed by atoms with E-state index in [9.17, 15) is 5.11 Å². The molecule has 1 fully saturated rings. The first-order valence-corrected chi connectivity index (χ1v) is 6.67. The van der Waals surface area contributed by atoms with E-state index in [4.69, 9.17) is 4.74 Å². The summed E-state index contributed by atoms with van der Waals surface area (Å²) in [4.78, 5) is 0. The van der Waals surface area contributed by atoms with Gasteiger partial charge in [0.1, 0.15) is 5.75 Å². The van der Waals surface area contributed by atoms with Gasteiger partial charge in [-0.1, -0.05) is 32.4 Å². The van der Waals surface area contributed by atoms with Gasteiger partial charge in [-0.25, -0.2) is 0 Å². The van der Waals surface area contributed by atoms with Crippen LogP contribution in [-0.2, 0) is 5.60 Å². The van der Waals surface area contributed by atoms with Crippen LogP contribution in [0.25, 0.3) is 0 Å². The second-order valence-electron chi connectivity index (χ2n) is 4.98. The van der Waals surface area contributed by atoms with Crippen LogP contribution < -0.4 is 4.74 Å². The summed E-state index contributed by atoms with van der Waals surface area (Å²) in [5.41, 5.74) is 0.331. The SMILES string of the molecule is CCCC(O)(CC)c1ccc(OC2CC2)cc1. The Morgan fingerprint density at radius 1 is 1.24 bits per heavy atom. The summed E-state index contributed by atoms with van der Waals surface area (Å²) in [6.07, 6.45) is 5.34. The monoisotopic (exact) mass is 234 g/mol. The second-order valence-corrected chi connectivity index (χ2v) is 4.98. The van der Waals surface area contributed by atoms with Crippen molar-refractivity contribution < 1.29 is 9.84 Å². The van der Waals surface area contributed by atoms with Crippen molar-refractivity contribution in [3.05, 3.63) is 29.8 Å². The summed E-state index contributed by atoms with van der Waals surface area (Å²) in [5, 5.41) is 10.5. The summed E-state index contributed by atoms with van der Waals surface area (Å²) in [7, 11) is 0. The lowest BCUT2D eigenvalue weighted by Gasteiger charge is -2.27. The molecule has 2 nitrogen and oxygen atoms in total. The molecule has 94 valence electrons. The predicted molar refractivity (Wildman–Crippen MR) is 69.2 cm³/mol. The van der Waals surface area contributed by atoms with Gasteiger partial charge in [0.25, 0.3) is 0 Å². The molecule has 1 unspecified atom stereocenters. The van der Waals surface area contributed by atoms with Crippen molar-refractivity contribution in [3.8, 4) is 5.75 Å². The first-order chi connectivity index (χ1) is 8.18. The molecule has 0 spiro atoms. The van der Waals surface area contributed by atoms with E-state index in [0.717, 1.165) is 30.6 Å². The molecule has 0 saturated heterocycles. The lowest BCUT2D eigenvalue weighted by Crippen LogP contribution is -2.24. The number of hydrogen-bond acceptors (Lipinski definition) is 2. The van der Waals surface area contributed by atoms with E-state index in [1.54, 1.807) is 0 Å². The van der Waals surface area contributed by atoms with Crippen molar-refractivity contribution in [2.45, 2.75) is 57.7 Å². The van der Waals surface area contributed by atoms with Crippen molar-refractivity contribution in [2.75, 3.05) is 0 Å². The maximum Gasteiger partial charge on any atom is 0.119 e. The highest BCUT2D eigenvalue weighted by Gasteiger charge is 2.27. The van der Waals surface area contributed by atoms with Gasteiger partial charge in [0, 0.05) is 0 Å². The largest absolute Gasteiger partial charge is 0.490 e. The van der Waals surface area contributed by atoms with Gasteiger partial charge in [0.15, 0.2) is 0 Å². The van der Waals surface area contributed by atoms with Gasteiger partial charge < -0.3 is 9.84 Å². The Morgan fingerprint density at radius 3 is 2.35 bits per heavy atom. The molecule has 0 aliphatic heterocycles. The Labute approximate surface area is 104 Å². The van der Waals surface area contributed by atoms with Crippen LogP contribution in [-0.4, -0.2) is 11.2 Å². The van der Waals surface area contributed by atoms with Crippen molar-refractivity contribution in [1.29, 1.82) is 0 Å². The van der Waals surface area contributed by atoms with Crippen LogP contribution in [0.15, 0.2) is 24.3 Å². The summed E-state index contributed by atoms with van der Waals surface area (Å²) < 4.78 is 5.70. The molecule has 1 saturated carbocycles. The van der Waals surface area contributed by atoms with E-state index >= 15 is 0 Å². The highest BCUT2D eigenvalue weighted by molar-refractivity contribution is 5.31. The number of ether oxygens (including phenoxy) is 1. The molecule has 1 atom stereocenters. The van der Waals surface area contributed by atoms with Crippen LogP contribution in [0, 0.1) is 0 Å². The summed E-state index contributed by atoms with van der Waals surface area (Å²) in [5.74, 6) is 0.922. The van der Waals surface area contributed by atoms with Crippen molar-refractivity contribution >= 4 is 0 Å². The van der Waals surface area contributed by atoms with Crippen LogP contribution in [0.5, 0.6) is 5.75 Å². The molecule has 0 amide bonds. The van der Waals surface area contributed by atoms with E-state index in [1.807, 2.05) is 31.2 Å². The quantitative estimate of drug-likeness (QED) is 0.814. The molecule has 1 aromatic rings. The Kier molecular flexibility index (Phi) is 3.72. The van der Waals surface area contributed by atoms with Crippen LogP contribution in [0.3, 0.4) is 0 Å². The zero-order chi connectivity index (χ0) is 12.3. The molecule has 0 aromatic heterocycles. The minimum absolute atomic E-state index is 0.432. The summed E-state index contributed by atoms with van der Waals surface area (Å²) in [6.45, 7) is 4.13. The van der Waals surface area contributed by atoms with Gasteiger partial charge in [-0.15, -0.1) is 0 Å². The number of rotatable bonds is 6. The van der Waals surface area contributed by atoms with Crippen LogP contribution >= 0.6 is 0 Å². The molecule has 1 N–H and O–H groups in total. The lowest BCUT2D eigenvalue weighted by molar-refractivity contribution is 0.0226. The van der Waals surface area contributed by atoms with E-state index in [1.165, 1.54) is 12.8 Å². The maximum atomic E-state index is 10.5. The standard InChI is InChI=1S/C15H22O2/c1-3-11-15(16,4-2)12-5-7-13(8-6-12)17-14-9-10-14/h5-8,14,16H,3-4,9-11H2,1-2H3. The van der Waals surface area contributed by atoms with Gasteiger partial charge in [0.05, 0.1) is 11.7 Å². The number of benzene rings is 1. The Balaban J connectivity index is 2.09. The molecule has 0 heterocycles. The minimum Gasteiger partial charge on any atom is -0.490 e. The zero-order valence-electron chi connectivity index (χ0n) is 10.8. The molecule has 2 rings (SSSR count). The van der Waals surface area contributed by atoms with Crippen LogP contribution in [0.1, 0.15) is 51.5 Å². The highest BCUT2D eigenvalue weighted by atomic mass is 16.5. The number of hydrogen-bond donors (Lipinski definition) is 1. The van der Waals surface area contributed by atoms with E-state index in [-0.39, 0.29) is 0 Å². The zero-order valence-corrected chi connectivity index (χ0v) is 10.8. The van der Waals surface area contributed by atoms with Crippen molar-refractivity contribution in [2.24, 2.45) is 0 Å². The number of aliphatic hydroxyl groups is 1. The van der Waals surface area contributed by atoms with Crippen molar-refractivity contribution in [3.63, 3.8) is 0 Å². The van der Waals surface area contributed by atoms with Gasteiger partial charge in [-0.3, -0.25) is 0 Å². The topological polar surface area (TPSA) is 29.5 Å². The molecule has 17 heavy (non-hydrogen) atoms. The van der Waals surface area contributed by atoms with Gasteiger partial charge in [0.2, 0.25) is 0 Å². The maximum absolute atomic E-state index is 10.5. The Hall–Kier alpha value is -1.02. The fourth-order valence-electron chi connectivity index (χ4n) is 2.16. The first-order valence-electron chi connectivity index (χ1n) is 6.67. The molecule has 1 aliphatic carbocycles. The molecular formula is C15H22O2. The van der Waals surface area contributed by atoms with E-state index in [2.05, 4.69) is 6.92 Å². The smallest absolute Gasteiger partial charge is 0.119 e. The van der Waals surface area contributed by atoms with Crippen LogP contribution in [0.4, 0.5) is 0 Å². The van der Waals surface area contributed by atoms with Gasteiger partial charge in [-0.05, 0) is 43.4 Å². The minimum atomic E-state index is -0.674. The summed E-state index contributed by atoms with van der Waals surface area (Å²) >= 11 is 0. The van der Waals surface area contributed by atoms with E-state index in [0.29, 0.717) is 6.10 Å². The fraction of sp³-hybridized carbons (Fsp3) is 0.600. The molecule has 1 aromatic carbocycles. The third kappa shape index (κ3) is 3.01. The average molecular weight is 234 g/mol. The van der Waals surface area contributed by atoms with Gasteiger partial charge in [-0.2, -0.15) is 0 Å². The third-order valence-electron chi connectivity index (χ3n) is 3.47. The molecular weight excluding hydrogens is 212 g/mol. The predicted octanol–water partition coefficient (Wildman–Crippen LogP) is 3.63. The van der Waals surface area contributed by atoms with Gasteiger partial charge >= 0.3 is 0 Å². The third-order valence-corrected chi connectivity index (χ3v) is 3.47. The average Bonchev–Trinajstić information content (AvgIpc) is 3.14. The molecule has 0 radical (unpaired) electrons. The molecule has 0 bridgehead atoms. The fourth-order valence-corrected chi connectivity index (χ4v) is 2.16. The Morgan fingerprint density at radius 2 is 1.88 bits per heavy atom. The first kappa shape index (κ1) is 12.4. The highest BCUT2D eigenvalue weighted by Crippen LogP contribution is 2.32. The normalized spacial score (nSPS) is 18.8. The Bertz CT molecular complexity index is 354. The lowest BCUT2D eigenvalue weighted by atomic mass is 9.87. The van der Waals surface area contributed by atoms with Crippen LogP contribution in [0.2, 0.25) is 0 Å². The van der Waals surface area contributed by atoms with Crippen molar-refractivity contribution in [1.82, 2.24) is 0 Å².